The van der Waals surface area contributed by atoms with E-state index in [2.05, 4.69) is 5.32 Å². The van der Waals surface area contributed by atoms with Gasteiger partial charge in [-0.1, -0.05) is 66.2 Å². The number of halogens is 1. The number of Topliss-reactive ketones (excluding diaryl/α,β-unsaturated/α-hetero) is 1. The first-order valence-corrected chi connectivity index (χ1v) is 8.28. The second-order valence-corrected chi connectivity index (χ2v) is 6.39. The topological polar surface area (TPSA) is 46.2 Å². The number of hydrogen-bond donors (Lipinski definition) is 1. The molecule has 0 radical (unpaired) electrons. The van der Waals surface area contributed by atoms with Gasteiger partial charge in [0.2, 0.25) is 5.91 Å². The Morgan fingerprint density at radius 1 is 0.720 bits per heavy atom. The molecule has 3 nitrogen and oxygen atoms in total. The molecule has 0 saturated carbocycles. The van der Waals surface area contributed by atoms with Crippen LogP contribution < -0.4 is 5.32 Å². The molecule has 3 aromatic carbocycles. The Kier molecular flexibility index (Phi) is 3.66. The zero-order valence-electron chi connectivity index (χ0n) is 13.2. The number of ketones is 1. The zero-order valence-corrected chi connectivity index (χ0v) is 14.0. The van der Waals surface area contributed by atoms with Crippen LogP contribution in [0.25, 0.3) is 0 Å². The fourth-order valence-corrected chi connectivity index (χ4v) is 3.52. The van der Waals surface area contributed by atoms with Crippen molar-refractivity contribution in [1.82, 2.24) is 0 Å². The van der Waals surface area contributed by atoms with Crippen molar-refractivity contribution < 1.29 is 9.59 Å². The Labute approximate surface area is 150 Å². The number of para-hydroxylation sites is 1. The molecule has 1 atom stereocenters. The average molecular weight is 348 g/mol. The molecule has 4 heteroatoms. The van der Waals surface area contributed by atoms with Crippen molar-refractivity contribution in [1.29, 1.82) is 0 Å². The molecular weight excluding hydrogens is 334 g/mol. The number of anilines is 1. The highest BCUT2D eigenvalue weighted by molar-refractivity contribution is 6.31. The predicted molar refractivity (Wildman–Crippen MR) is 98.1 cm³/mol. The Morgan fingerprint density at radius 2 is 1.32 bits per heavy atom. The molecule has 0 spiro atoms. The van der Waals surface area contributed by atoms with Gasteiger partial charge in [0.1, 0.15) is 0 Å². The molecule has 0 fully saturated rings. The van der Waals surface area contributed by atoms with Gasteiger partial charge in [-0.05, 0) is 35.4 Å². The molecule has 3 aromatic rings. The first-order chi connectivity index (χ1) is 12.1. The smallest absolute Gasteiger partial charge is 0.247 e. The van der Waals surface area contributed by atoms with Gasteiger partial charge in [-0.3, -0.25) is 9.59 Å². The molecular formula is C21H14ClNO2. The van der Waals surface area contributed by atoms with E-state index in [1.807, 2.05) is 18.2 Å². The molecule has 122 valence electrons. The fraction of sp³-hybridized carbons (Fsp3) is 0.0476. The van der Waals surface area contributed by atoms with Gasteiger partial charge >= 0.3 is 0 Å². The maximum atomic E-state index is 13.5. The summed E-state index contributed by atoms with van der Waals surface area (Å²) in [4.78, 5) is 26.8. The van der Waals surface area contributed by atoms with Crippen molar-refractivity contribution in [2.24, 2.45) is 0 Å². The van der Waals surface area contributed by atoms with E-state index >= 15 is 0 Å². The zero-order chi connectivity index (χ0) is 17.4. The van der Waals surface area contributed by atoms with Gasteiger partial charge in [0, 0.05) is 10.6 Å². The van der Waals surface area contributed by atoms with E-state index < -0.39 is 5.41 Å². The minimum Gasteiger partial charge on any atom is -0.324 e. The van der Waals surface area contributed by atoms with Crippen molar-refractivity contribution in [2.75, 3.05) is 5.32 Å². The molecule has 4 rings (SSSR count). The first kappa shape index (κ1) is 15.6. The highest BCUT2D eigenvalue weighted by Crippen LogP contribution is 2.42. The second-order valence-electron chi connectivity index (χ2n) is 5.95. The van der Waals surface area contributed by atoms with Crippen LogP contribution in [0.2, 0.25) is 5.02 Å². The van der Waals surface area contributed by atoms with Gasteiger partial charge < -0.3 is 5.32 Å². The van der Waals surface area contributed by atoms with E-state index in [0.717, 1.165) is 0 Å². The van der Waals surface area contributed by atoms with E-state index in [-0.39, 0.29) is 11.7 Å². The lowest BCUT2D eigenvalue weighted by atomic mass is 9.67. The molecule has 1 unspecified atom stereocenters. The maximum absolute atomic E-state index is 13.5. The molecule has 1 aliphatic heterocycles. The number of nitrogens with one attached hydrogen (secondary N) is 1. The summed E-state index contributed by atoms with van der Waals surface area (Å²) in [7, 11) is 0. The summed E-state index contributed by atoms with van der Waals surface area (Å²) < 4.78 is 0. The lowest BCUT2D eigenvalue weighted by molar-refractivity contribution is -0.119. The third kappa shape index (κ3) is 2.28. The Morgan fingerprint density at radius 3 is 2.04 bits per heavy atom. The summed E-state index contributed by atoms with van der Waals surface area (Å²) in [6.07, 6.45) is 0. The number of carbonyl (C=O) groups is 2. The van der Waals surface area contributed by atoms with E-state index in [1.54, 1.807) is 60.7 Å². The standard InChI is InChI=1S/C21H14ClNO2/c22-16-12-10-15(11-13-16)21(14-6-2-1-3-7-14)19(24)17-8-4-5-9-18(17)23-20(21)25/h1-13H,(H,23,25). The van der Waals surface area contributed by atoms with Gasteiger partial charge in [-0.2, -0.15) is 0 Å². The molecule has 0 saturated heterocycles. The lowest BCUT2D eigenvalue weighted by Crippen LogP contribution is -2.51. The first-order valence-electron chi connectivity index (χ1n) is 7.91. The van der Waals surface area contributed by atoms with E-state index in [9.17, 15) is 9.59 Å². The van der Waals surface area contributed by atoms with Crippen LogP contribution >= 0.6 is 11.6 Å². The lowest BCUT2D eigenvalue weighted by Gasteiger charge is -2.36. The average Bonchev–Trinajstić information content (AvgIpc) is 2.64. The normalized spacial score (nSPS) is 19.2. The monoisotopic (exact) mass is 347 g/mol. The van der Waals surface area contributed by atoms with Crippen LogP contribution in [0.3, 0.4) is 0 Å². The molecule has 1 heterocycles. The summed E-state index contributed by atoms with van der Waals surface area (Å²) in [6, 6.07) is 23.1. The highest BCUT2D eigenvalue weighted by Gasteiger charge is 2.52. The SMILES string of the molecule is O=C1Nc2ccccc2C(=O)C1(c1ccccc1)c1ccc(Cl)cc1. The van der Waals surface area contributed by atoms with Crippen molar-refractivity contribution in [2.45, 2.75) is 5.41 Å². The van der Waals surface area contributed by atoms with E-state index in [4.69, 9.17) is 11.6 Å². The van der Waals surface area contributed by atoms with Crippen molar-refractivity contribution in [3.63, 3.8) is 0 Å². The fourth-order valence-electron chi connectivity index (χ4n) is 3.39. The highest BCUT2D eigenvalue weighted by atomic mass is 35.5. The second kappa shape index (κ2) is 5.87. The van der Waals surface area contributed by atoms with Crippen LogP contribution in [0, 0.1) is 0 Å². The number of rotatable bonds is 2. The minimum absolute atomic E-state index is 0.236. The van der Waals surface area contributed by atoms with E-state index in [1.165, 1.54) is 0 Å². The van der Waals surface area contributed by atoms with Gasteiger partial charge in [-0.15, -0.1) is 0 Å². The quantitative estimate of drug-likeness (QED) is 0.696. The molecule has 0 bridgehead atoms. The van der Waals surface area contributed by atoms with Crippen molar-refractivity contribution in [3.05, 3.63) is 101 Å². The molecule has 0 aromatic heterocycles. The molecule has 0 aliphatic carbocycles. The minimum atomic E-state index is -1.43. The van der Waals surface area contributed by atoms with Crippen molar-refractivity contribution in [3.8, 4) is 0 Å². The third-order valence-corrected chi connectivity index (χ3v) is 4.84. The van der Waals surface area contributed by atoms with Crippen LogP contribution in [0.5, 0.6) is 0 Å². The molecule has 1 aliphatic rings. The summed E-state index contributed by atoms with van der Waals surface area (Å²) in [5.41, 5.74) is 0.841. The van der Waals surface area contributed by atoms with Gasteiger partial charge in [0.15, 0.2) is 11.2 Å². The van der Waals surface area contributed by atoms with Crippen LogP contribution in [0.1, 0.15) is 21.5 Å². The summed E-state index contributed by atoms with van der Waals surface area (Å²) >= 11 is 6.01. The summed E-state index contributed by atoms with van der Waals surface area (Å²) in [5, 5.41) is 3.45. The number of carbonyl (C=O) groups excluding carboxylic acids is 2. The number of hydrogen-bond acceptors (Lipinski definition) is 2. The number of amides is 1. The largest absolute Gasteiger partial charge is 0.324 e. The summed E-state index contributed by atoms with van der Waals surface area (Å²) in [6.45, 7) is 0. The Balaban J connectivity index is 2.04. The summed E-state index contributed by atoms with van der Waals surface area (Å²) in [5.74, 6) is -0.593. The third-order valence-electron chi connectivity index (χ3n) is 4.59. The molecule has 1 N–H and O–H groups in total. The number of fused-ring (bicyclic) bond motifs is 1. The van der Waals surface area contributed by atoms with Crippen LogP contribution in [0.15, 0.2) is 78.9 Å². The molecule has 1 amide bonds. The Bertz CT molecular complexity index is 967. The Hall–Kier alpha value is -2.91. The number of benzene rings is 3. The van der Waals surface area contributed by atoms with Gasteiger partial charge in [0.25, 0.3) is 0 Å². The molecule has 25 heavy (non-hydrogen) atoms. The van der Waals surface area contributed by atoms with Gasteiger partial charge in [-0.25, -0.2) is 0 Å². The van der Waals surface area contributed by atoms with Crippen LogP contribution in [0.4, 0.5) is 5.69 Å². The van der Waals surface area contributed by atoms with Gasteiger partial charge in [0.05, 0.1) is 5.69 Å². The predicted octanol–water partition coefficient (Wildman–Crippen LogP) is 4.46. The van der Waals surface area contributed by atoms with Crippen LogP contribution in [-0.2, 0) is 10.2 Å². The van der Waals surface area contributed by atoms with Crippen LogP contribution in [-0.4, -0.2) is 11.7 Å². The van der Waals surface area contributed by atoms with E-state index in [0.29, 0.717) is 27.4 Å². The maximum Gasteiger partial charge on any atom is 0.247 e. The van der Waals surface area contributed by atoms with Crippen molar-refractivity contribution >= 4 is 29.0 Å².